The molecule has 2 aromatic carbocycles. The van der Waals surface area contributed by atoms with E-state index >= 15 is 0 Å². The fourth-order valence-corrected chi connectivity index (χ4v) is 3.80. The van der Waals surface area contributed by atoms with Crippen LogP contribution in [0, 0.1) is 6.92 Å². The van der Waals surface area contributed by atoms with E-state index in [-0.39, 0.29) is 5.91 Å². The Morgan fingerprint density at radius 2 is 1.75 bits per heavy atom. The van der Waals surface area contributed by atoms with Crippen LogP contribution in [0.4, 0.5) is 0 Å². The van der Waals surface area contributed by atoms with Crippen LogP contribution in [0.15, 0.2) is 54.6 Å². The van der Waals surface area contributed by atoms with Crippen LogP contribution in [0.2, 0.25) is 0 Å². The van der Waals surface area contributed by atoms with Gasteiger partial charge in [-0.2, -0.15) is 0 Å². The minimum absolute atomic E-state index is 0.120. The fraction of sp³-hybridized carbons (Fsp3) is 0.286. The number of nitrogens with one attached hydrogen (secondary N) is 1. The molecule has 122 valence electrons. The van der Waals surface area contributed by atoms with Crippen LogP contribution in [0.5, 0.6) is 0 Å². The summed E-state index contributed by atoms with van der Waals surface area (Å²) in [5, 5.41) is 1.09. The molecule has 1 saturated heterocycles. The van der Waals surface area contributed by atoms with E-state index in [9.17, 15) is 4.79 Å². The molecule has 3 heteroatoms. The Bertz CT molecular complexity index is 839. The smallest absolute Gasteiger partial charge is 0.270 e. The quantitative estimate of drug-likeness (QED) is 0.742. The van der Waals surface area contributed by atoms with Gasteiger partial charge in [-0.15, -0.1) is 0 Å². The van der Waals surface area contributed by atoms with Gasteiger partial charge in [-0.1, -0.05) is 42.5 Å². The molecular weight excluding hydrogens is 296 g/mol. The number of aromatic nitrogens is 1. The zero-order valence-corrected chi connectivity index (χ0v) is 14.0. The largest absolute Gasteiger partial charge is 0.351 e. The molecule has 3 nitrogen and oxygen atoms in total. The van der Waals surface area contributed by atoms with E-state index in [2.05, 4.69) is 36.2 Å². The Morgan fingerprint density at radius 1 is 1.04 bits per heavy atom. The third-order valence-corrected chi connectivity index (χ3v) is 5.17. The number of hydrogen-bond donors (Lipinski definition) is 1. The first kappa shape index (κ1) is 15.0. The third kappa shape index (κ3) is 2.71. The number of carbonyl (C=O) groups is 1. The number of aryl methyl sites for hydroxylation is 1. The zero-order chi connectivity index (χ0) is 16.5. The number of amides is 1. The molecule has 0 unspecified atom stereocenters. The number of H-pyrrole nitrogens is 1. The number of para-hydroxylation sites is 1. The number of piperidine rings is 1. The van der Waals surface area contributed by atoms with Gasteiger partial charge in [0.1, 0.15) is 5.69 Å². The Balaban J connectivity index is 1.47. The number of fused-ring (bicyclic) bond motifs is 1. The molecule has 0 radical (unpaired) electrons. The highest BCUT2D eigenvalue weighted by Gasteiger charge is 2.25. The maximum Gasteiger partial charge on any atom is 0.270 e. The molecule has 1 N–H and O–H groups in total. The maximum absolute atomic E-state index is 12.8. The number of nitrogens with zero attached hydrogens (tertiary/aromatic N) is 1. The van der Waals surface area contributed by atoms with E-state index in [4.69, 9.17) is 0 Å². The van der Waals surface area contributed by atoms with Crippen molar-refractivity contribution in [2.75, 3.05) is 13.1 Å². The van der Waals surface area contributed by atoms with E-state index < -0.39 is 0 Å². The molecule has 0 spiro atoms. The lowest BCUT2D eigenvalue weighted by Gasteiger charge is -2.32. The lowest BCUT2D eigenvalue weighted by Crippen LogP contribution is -2.38. The Labute approximate surface area is 142 Å². The second kappa shape index (κ2) is 6.16. The van der Waals surface area contributed by atoms with Crippen molar-refractivity contribution in [1.29, 1.82) is 0 Å². The van der Waals surface area contributed by atoms with Gasteiger partial charge in [0.15, 0.2) is 0 Å². The van der Waals surface area contributed by atoms with Crippen molar-refractivity contribution in [1.82, 2.24) is 9.88 Å². The van der Waals surface area contributed by atoms with Gasteiger partial charge in [-0.3, -0.25) is 4.79 Å². The minimum Gasteiger partial charge on any atom is -0.351 e. The summed E-state index contributed by atoms with van der Waals surface area (Å²) in [6, 6.07) is 18.6. The second-order valence-electron chi connectivity index (χ2n) is 6.69. The van der Waals surface area contributed by atoms with E-state index in [0.717, 1.165) is 36.8 Å². The molecule has 24 heavy (non-hydrogen) atoms. The Morgan fingerprint density at radius 3 is 2.50 bits per heavy atom. The van der Waals surface area contributed by atoms with E-state index in [1.807, 2.05) is 35.2 Å². The van der Waals surface area contributed by atoms with Gasteiger partial charge in [0.25, 0.3) is 5.91 Å². The van der Waals surface area contributed by atoms with Crippen LogP contribution in [0.3, 0.4) is 0 Å². The summed E-state index contributed by atoms with van der Waals surface area (Å²) in [7, 11) is 0. The first-order chi connectivity index (χ1) is 11.7. The van der Waals surface area contributed by atoms with Gasteiger partial charge in [0.2, 0.25) is 0 Å². The van der Waals surface area contributed by atoms with Crippen LogP contribution in [0.1, 0.15) is 40.4 Å². The summed E-state index contributed by atoms with van der Waals surface area (Å²) in [6.45, 7) is 3.83. The predicted molar refractivity (Wildman–Crippen MR) is 97.4 cm³/mol. The molecule has 0 saturated carbocycles. The lowest BCUT2D eigenvalue weighted by molar-refractivity contribution is 0.0708. The molecule has 1 aromatic heterocycles. The molecular formula is C21H22N2O. The molecule has 3 aromatic rings. The minimum atomic E-state index is 0.120. The monoisotopic (exact) mass is 318 g/mol. The van der Waals surface area contributed by atoms with Gasteiger partial charge in [0, 0.05) is 24.0 Å². The predicted octanol–water partition coefficient (Wildman–Crippen LogP) is 4.50. The molecule has 4 rings (SSSR count). The highest BCUT2D eigenvalue weighted by molar-refractivity contribution is 5.98. The average molecular weight is 318 g/mol. The van der Waals surface area contributed by atoms with Crippen molar-refractivity contribution in [2.45, 2.75) is 25.7 Å². The van der Waals surface area contributed by atoms with Gasteiger partial charge in [-0.25, -0.2) is 0 Å². The summed E-state index contributed by atoms with van der Waals surface area (Å²) in [6.07, 6.45) is 2.08. The molecule has 0 atom stereocenters. The number of hydrogen-bond acceptors (Lipinski definition) is 1. The molecule has 1 aliphatic rings. The zero-order valence-electron chi connectivity index (χ0n) is 14.0. The van der Waals surface area contributed by atoms with Crippen molar-refractivity contribution in [3.8, 4) is 0 Å². The summed E-state index contributed by atoms with van der Waals surface area (Å²) in [5.74, 6) is 0.687. The topological polar surface area (TPSA) is 36.1 Å². The van der Waals surface area contributed by atoms with E-state index in [1.165, 1.54) is 11.1 Å². The standard InChI is InChI=1S/C21H22N2O/c1-15-6-2-4-8-18(15)16-10-12-23(13-11-16)21(24)20-14-17-7-3-5-9-19(17)22-20/h2-9,14,16,22H,10-13H2,1H3. The summed E-state index contributed by atoms with van der Waals surface area (Å²) < 4.78 is 0. The number of rotatable bonds is 2. The lowest BCUT2D eigenvalue weighted by atomic mass is 9.87. The van der Waals surface area contributed by atoms with Crippen LogP contribution < -0.4 is 0 Å². The summed E-state index contributed by atoms with van der Waals surface area (Å²) >= 11 is 0. The first-order valence-corrected chi connectivity index (χ1v) is 8.65. The highest BCUT2D eigenvalue weighted by Crippen LogP contribution is 2.30. The molecule has 0 aliphatic carbocycles. The number of benzene rings is 2. The number of likely N-dealkylation sites (tertiary alicyclic amines) is 1. The fourth-order valence-electron chi connectivity index (χ4n) is 3.80. The maximum atomic E-state index is 12.8. The van der Waals surface area contributed by atoms with Crippen LogP contribution >= 0.6 is 0 Å². The molecule has 1 amide bonds. The second-order valence-corrected chi connectivity index (χ2v) is 6.69. The molecule has 2 heterocycles. The SMILES string of the molecule is Cc1ccccc1C1CCN(C(=O)c2cc3ccccc3[nH]2)CC1. The first-order valence-electron chi connectivity index (χ1n) is 8.65. The van der Waals surface area contributed by atoms with E-state index in [1.54, 1.807) is 0 Å². The van der Waals surface area contributed by atoms with Gasteiger partial charge >= 0.3 is 0 Å². The van der Waals surface area contributed by atoms with Crippen molar-refractivity contribution in [3.05, 3.63) is 71.4 Å². The summed E-state index contributed by atoms with van der Waals surface area (Å²) in [4.78, 5) is 18.0. The van der Waals surface area contributed by atoms with Crippen molar-refractivity contribution >= 4 is 16.8 Å². The average Bonchev–Trinajstić information content (AvgIpc) is 3.06. The van der Waals surface area contributed by atoms with Crippen molar-refractivity contribution in [2.24, 2.45) is 0 Å². The Kier molecular flexibility index (Phi) is 3.85. The molecule has 0 bridgehead atoms. The van der Waals surface area contributed by atoms with Crippen LogP contribution in [-0.2, 0) is 0 Å². The van der Waals surface area contributed by atoms with Crippen molar-refractivity contribution in [3.63, 3.8) is 0 Å². The van der Waals surface area contributed by atoms with E-state index in [0.29, 0.717) is 11.6 Å². The van der Waals surface area contributed by atoms with Gasteiger partial charge < -0.3 is 9.88 Å². The van der Waals surface area contributed by atoms with Gasteiger partial charge in [0.05, 0.1) is 0 Å². The third-order valence-electron chi connectivity index (χ3n) is 5.17. The number of aromatic amines is 1. The van der Waals surface area contributed by atoms with Crippen LogP contribution in [0.25, 0.3) is 10.9 Å². The molecule has 1 fully saturated rings. The normalized spacial score (nSPS) is 15.8. The number of carbonyl (C=O) groups excluding carboxylic acids is 1. The van der Waals surface area contributed by atoms with Crippen LogP contribution in [-0.4, -0.2) is 28.9 Å². The van der Waals surface area contributed by atoms with Gasteiger partial charge in [-0.05, 0) is 48.9 Å². The summed E-state index contributed by atoms with van der Waals surface area (Å²) in [5.41, 5.74) is 4.52. The Hall–Kier alpha value is -2.55. The van der Waals surface area contributed by atoms with Crippen molar-refractivity contribution < 1.29 is 4.79 Å². The highest BCUT2D eigenvalue weighted by atomic mass is 16.2. The molecule has 1 aliphatic heterocycles.